The van der Waals surface area contributed by atoms with Gasteiger partial charge in [-0.2, -0.15) is 0 Å². The highest BCUT2D eigenvalue weighted by atomic mass is 16.3. The van der Waals surface area contributed by atoms with Crippen LogP contribution in [0.2, 0.25) is 0 Å². The quantitative estimate of drug-likeness (QED) is 0.833. The van der Waals surface area contributed by atoms with Gasteiger partial charge in [-0.15, -0.1) is 0 Å². The van der Waals surface area contributed by atoms with Gasteiger partial charge in [0.05, 0.1) is 5.56 Å². The Morgan fingerprint density at radius 1 is 1.29 bits per heavy atom. The molecule has 1 aliphatic heterocycles. The maximum Gasteiger partial charge on any atom is 0.255 e. The van der Waals surface area contributed by atoms with E-state index in [0.29, 0.717) is 18.7 Å². The fourth-order valence-corrected chi connectivity index (χ4v) is 3.39. The monoisotopic (exact) mass is 333 g/mol. The Balaban J connectivity index is 2.01. The third-order valence-corrected chi connectivity index (χ3v) is 5.39. The van der Waals surface area contributed by atoms with E-state index in [0.717, 1.165) is 44.6 Å². The van der Waals surface area contributed by atoms with Gasteiger partial charge in [-0.05, 0) is 50.2 Å². The number of likely N-dealkylation sites (tertiary alicyclic amines) is 1. The first-order chi connectivity index (χ1) is 11.6. The Morgan fingerprint density at radius 3 is 2.46 bits per heavy atom. The number of hydrogen-bond donors (Lipinski definition) is 1. The van der Waals surface area contributed by atoms with Crippen molar-refractivity contribution >= 4 is 11.7 Å². The van der Waals surface area contributed by atoms with Crippen molar-refractivity contribution in [1.29, 1.82) is 0 Å². The third-order valence-electron chi connectivity index (χ3n) is 5.39. The van der Waals surface area contributed by atoms with Crippen LogP contribution in [0.4, 0.5) is 5.82 Å². The minimum Gasteiger partial charge on any atom is -0.396 e. The SMILES string of the molecule is CCCN(CC)c1ccc(C(=O)N2CCC(CC)(CO)CC2)cn1. The first-order valence-corrected chi connectivity index (χ1v) is 9.20. The van der Waals surface area contributed by atoms with Crippen LogP contribution >= 0.6 is 0 Å². The minimum absolute atomic E-state index is 0.000662. The molecule has 134 valence electrons. The van der Waals surface area contributed by atoms with E-state index in [1.54, 1.807) is 6.20 Å². The molecule has 2 heterocycles. The molecule has 0 bridgehead atoms. The second-order valence-electron chi connectivity index (χ2n) is 6.79. The summed E-state index contributed by atoms with van der Waals surface area (Å²) in [7, 11) is 0. The topological polar surface area (TPSA) is 56.7 Å². The number of rotatable bonds is 7. The highest BCUT2D eigenvalue weighted by Gasteiger charge is 2.34. The number of carbonyl (C=O) groups excluding carboxylic acids is 1. The second kappa shape index (κ2) is 8.47. The highest BCUT2D eigenvalue weighted by Crippen LogP contribution is 2.34. The molecular weight excluding hydrogens is 302 g/mol. The molecule has 1 saturated heterocycles. The number of nitrogens with zero attached hydrogens (tertiary/aromatic N) is 3. The molecule has 0 spiro atoms. The van der Waals surface area contributed by atoms with E-state index >= 15 is 0 Å². The van der Waals surface area contributed by atoms with Crippen molar-refractivity contribution in [3.63, 3.8) is 0 Å². The van der Waals surface area contributed by atoms with Crippen molar-refractivity contribution < 1.29 is 9.90 Å². The van der Waals surface area contributed by atoms with E-state index in [4.69, 9.17) is 0 Å². The Hall–Kier alpha value is -1.62. The van der Waals surface area contributed by atoms with Crippen molar-refractivity contribution in [3.05, 3.63) is 23.9 Å². The van der Waals surface area contributed by atoms with Crippen molar-refractivity contribution in [2.45, 2.75) is 46.5 Å². The van der Waals surface area contributed by atoms with E-state index in [1.165, 1.54) is 0 Å². The van der Waals surface area contributed by atoms with Crippen LogP contribution in [0.25, 0.3) is 0 Å². The molecule has 2 rings (SSSR count). The second-order valence-corrected chi connectivity index (χ2v) is 6.79. The molecule has 1 N–H and O–H groups in total. The molecule has 0 atom stereocenters. The number of aliphatic hydroxyl groups excluding tert-OH is 1. The van der Waals surface area contributed by atoms with E-state index in [-0.39, 0.29) is 17.9 Å². The van der Waals surface area contributed by atoms with Gasteiger partial charge in [0, 0.05) is 39.0 Å². The molecule has 5 heteroatoms. The number of piperidine rings is 1. The predicted octanol–water partition coefficient (Wildman–Crippen LogP) is 2.94. The molecule has 1 amide bonds. The smallest absolute Gasteiger partial charge is 0.255 e. The van der Waals surface area contributed by atoms with Gasteiger partial charge in [0.1, 0.15) is 5.82 Å². The molecule has 0 unspecified atom stereocenters. The average molecular weight is 333 g/mol. The van der Waals surface area contributed by atoms with Gasteiger partial charge < -0.3 is 14.9 Å². The molecule has 0 saturated carbocycles. The zero-order chi connectivity index (χ0) is 17.6. The van der Waals surface area contributed by atoms with Crippen LogP contribution in [-0.2, 0) is 0 Å². The van der Waals surface area contributed by atoms with Gasteiger partial charge >= 0.3 is 0 Å². The van der Waals surface area contributed by atoms with Crippen LogP contribution in [0.15, 0.2) is 18.3 Å². The Bertz CT molecular complexity index is 516. The fourth-order valence-electron chi connectivity index (χ4n) is 3.39. The maximum atomic E-state index is 12.7. The molecule has 1 aromatic rings. The maximum absolute atomic E-state index is 12.7. The van der Waals surface area contributed by atoms with Crippen molar-refractivity contribution in [3.8, 4) is 0 Å². The van der Waals surface area contributed by atoms with E-state index in [9.17, 15) is 9.90 Å². The van der Waals surface area contributed by atoms with Gasteiger partial charge in [-0.25, -0.2) is 4.98 Å². The summed E-state index contributed by atoms with van der Waals surface area (Å²) < 4.78 is 0. The van der Waals surface area contributed by atoms with Crippen molar-refractivity contribution in [1.82, 2.24) is 9.88 Å². The number of aromatic nitrogens is 1. The Kier molecular flexibility index (Phi) is 6.60. The number of aliphatic hydroxyl groups is 1. The zero-order valence-corrected chi connectivity index (χ0v) is 15.3. The van der Waals surface area contributed by atoms with Gasteiger partial charge in [0.2, 0.25) is 0 Å². The summed E-state index contributed by atoms with van der Waals surface area (Å²) in [5.74, 6) is 0.982. The summed E-state index contributed by atoms with van der Waals surface area (Å²) in [5, 5.41) is 9.61. The molecule has 24 heavy (non-hydrogen) atoms. The Labute approximate surface area is 145 Å². The van der Waals surface area contributed by atoms with E-state index in [1.807, 2.05) is 17.0 Å². The lowest BCUT2D eigenvalue weighted by molar-refractivity contribution is 0.0338. The Morgan fingerprint density at radius 2 is 2.00 bits per heavy atom. The standard InChI is InChI=1S/C19H31N3O2/c1-4-11-21(6-3)17-8-7-16(14-20-17)18(24)22-12-9-19(5-2,15-23)10-13-22/h7-8,14,23H,4-6,9-13,15H2,1-3H3. The molecule has 0 aromatic carbocycles. The van der Waals surface area contributed by atoms with Crippen molar-refractivity contribution in [2.24, 2.45) is 5.41 Å². The lowest BCUT2D eigenvalue weighted by Crippen LogP contribution is -2.44. The molecule has 1 aromatic heterocycles. The first-order valence-electron chi connectivity index (χ1n) is 9.20. The molecule has 0 radical (unpaired) electrons. The van der Waals surface area contributed by atoms with Crippen LogP contribution in [0.3, 0.4) is 0 Å². The summed E-state index contributed by atoms with van der Waals surface area (Å²) in [6.07, 6.45) is 5.48. The van der Waals surface area contributed by atoms with Crippen LogP contribution < -0.4 is 4.90 Å². The lowest BCUT2D eigenvalue weighted by Gasteiger charge is -2.40. The summed E-state index contributed by atoms with van der Waals surface area (Å²) in [6, 6.07) is 3.83. The van der Waals surface area contributed by atoms with Gasteiger partial charge in [-0.1, -0.05) is 13.8 Å². The van der Waals surface area contributed by atoms with Gasteiger partial charge in [0.15, 0.2) is 0 Å². The van der Waals surface area contributed by atoms with Crippen LogP contribution in [0, 0.1) is 5.41 Å². The number of amides is 1. The summed E-state index contributed by atoms with van der Waals surface area (Å²) >= 11 is 0. The van der Waals surface area contributed by atoms with Crippen LogP contribution in [-0.4, -0.2) is 53.7 Å². The number of hydrogen-bond acceptors (Lipinski definition) is 4. The first kappa shape index (κ1) is 18.7. The summed E-state index contributed by atoms with van der Waals surface area (Å²) in [6.45, 7) is 9.92. The molecule has 1 aliphatic rings. The zero-order valence-electron chi connectivity index (χ0n) is 15.3. The number of carbonyl (C=O) groups is 1. The molecule has 5 nitrogen and oxygen atoms in total. The van der Waals surface area contributed by atoms with Crippen LogP contribution in [0.5, 0.6) is 0 Å². The summed E-state index contributed by atoms with van der Waals surface area (Å²) in [4.78, 5) is 21.3. The van der Waals surface area contributed by atoms with E-state index < -0.39 is 0 Å². The fraction of sp³-hybridized carbons (Fsp3) is 0.684. The van der Waals surface area contributed by atoms with Gasteiger partial charge in [0.25, 0.3) is 5.91 Å². The number of anilines is 1. The highest BCUT2D eigenvalue weighted by molar-refractivity contribution is 5.94. The third kappa shape index (κ3) is 4.07. The van der Waals surface area contributed by atoms with Gasteiger partial charge in [-0.3, -0.25) is 4.79 Å². The lowest BCUT2D eigenvalue weighted by atomic mass is 9.77. The molecule has 1 fully saturated rings. The van der Waals surface area contributed by atoms with Crippen LogP contribution in [0.1, 0.15) is 56.8 Å². The molecule has 0 aliphatic carbocycles. The van der Waals surface area contributed by atoms with E-state index in [2.05, 4.69) is 30.7 Å². The number of pyridine rings is 1. The molecular formula is C19H31N3O2. The van der Waals surface area contributed by atoms with Crippen molar-refractivity contribution in [2.75, 3.05) is 37.7 Å². The summed E-state index contributed by atoms with van der Waals surface area (Å²) in [5.41, 5.74) is 0.653. The normalized spacial score (nSPS) is 16.9. The minimum atomic E-state index is 0.000662. The average Bonchev–Trinajstić information content (AvgIpc) is 2.66. The largest absolute Gasteiger partial charge is 0.396 e. The predicted molar refractivity (Wildman–Crippen MR) is 97.4 cm³/mol.